The van der Waals surface area contributed by atoms with Crippen LogP contribution in [0.15, 0.2) is 59.4 Å². The maximum atomic E-state index is 13.3. The minimum atomic E-state index is -0.391. The van der Waals surface area contributed by atoms with Gasteiger partial charge in [0.05, 0.1) is 0 Å². The molecular weight excluding hydrogens is 381 g/mol. The van der Waals surface area contributed by atoms with Gasteiger partial charge in [-0.25, -0.2) is 9.37 Å². The predicted octanol–water partition coefficient (Wildman–Crippen LogP) is 4.29. The van der Waals surface area contributed by atoms with Crippen molar-refractivity contribution >= 4 is 23.2 Å². The lowest BCUT2D eigenvalue weighted by atomic mass is 10.1. The molecule has 1 N–H and O–H groups in total. The van der Waals surface area contributed by atoms with Crippen LogP contribution in [0.1, 0.15) is 19.0 Å². The van der Waals surface area contributed by atoms with Crippen molar-refractivity contribution in [2.75, 3.05) is 5.32 Å². The summed E-state index contributed by atoms with van der Waals surface area (Å²) in [5.41, 5.74) is 1.40. The van der Waals surface area contributed by atoms with Crippen LogP contribution < -0.4 is 10.9 Å². The van der Waals surface area contributed by atoms with Crippen LogP contribution >= 0.6 is 11.6 Å². The molecule has 1 amide bonds. The number of aryl methyl sites for hydroxylation is 1. The minimum absolute atomic E-state index is 0.225. The first-order chi connectivity index (χ1) is 13.5. The molecule has 7 heteroatoms. The van der Waals surface area contributed by atoms with Gasteiger partial charge in [0, 0.05) is 28.0 Å². The number of carbonyl (C=O) groups is 1. The van der Waals surface area contributed by atoms with E-state index in [0.717, 1.165) is 6.42 Å². The molecule has 0 aliphatic carbocycles. The Kier molecular flexibility index (Phi) is 6.21. The number of aromatic nitrogens is 2. The number of anilines is 1. The molecule has 0 fully saturated rings. The number of nitrogens with zero attached hydrogens (tertiary/aromatic N) is 2. The normalized spacial score (nSPS) is 10.7. The summed E-state index contributed by atoms with van der Waals surface area (Å²) in [5.74, 6) is -0.448. The van der Waals surface area contributed by atoms with E-state index in [2.05, 4.69) is 10.3 Å². The molecule has 0 bridgehead atoms. The smallest absolute Gasteiger partial charge is 0.254 e. The number of benzene rings is 2. The van der Waals surface area contributed by atoms with Gasteiger partial charge in [0.25, 0.3) is 5.56 Å². The largest absolute Gasteiger partial charge is 0.324 e. The highest BCUT2D eigenvalue weighted by Crippen LogP contribution is 2.18. The second kappa shape index (κ2) is 8.80. The standard InChI is InChI=1S/C21H19ClFN3O2/c1-2-4-17-12-20(28)26(21(25-17)14-7-9-16(23)10-8-14)13-19(27)24-18-6-3-5-15(22)11-18/h3,5-12H,2,4,13H2,1H3,(H,24,27). The third-order valence-electron chi connectivity index (χ3n) is 4.08. The molecule has 5 nitrogen and oxygen atoms in total. The van der Waals surface area contributed by atoms with Crippen molar-refractivity contribution in [1.82, 2.24) is 9.55 Å². The van der Waals surface area contributed by atoms with Crippen molar-refractivity contribution in [2.45, 2.75) is 26.3 Å². The summed E-state index contributed by atoms with van der Waals surface area (Å²) in [4.78, 5) is 29.7. The highest BCUT2D eigenvalue weighted by molar-refractivity contribution is 6.30. The summed E-state index contributed by atoms with van der Waals surface area (Å²) < 4.78 is 14.6. The average Bonchev–Trinajstić information content (AvgIpc) is 2.65. The zero-order chi connectivity index (χ0) is 20.1. The average molecular weight is 400 g/mol. The first kappa shape index (κ1) is 19.8. The Morgan fingerprint density at radius 2 is 1.93 bits per heavy atom. The van der Waals surface area contributed by atoms with Gasteiger partial charge in [-0.1, -0.05) is 31.0 Å². The lowest BCUT2D eigenvalue weighted by Crippen LogP contribution is -2.30. The number of rotatable bonds is 6. The van der Waals surface area contributed by atoms with Crippen molar-refractivity contribution < 1.29 is 9.18 Å². The summed E-state index contributed by atoms with van der Waals surface area (Å²) >= 11 is 5.93. The van der Waals surface area contributed by atoms with Crippen molar-refractivity contribution in [2.24, 2.45) is 0 Å². The minimum Gasteiger partial charge on any atom is -0.324 e. The molecule has 0 spiro atoms. The quantitative estimate of drug-likeness (QED) is 0.672. The van der Waals surface area contributed by atoms with Gasteiger partial charge in [-0.05, 0) is 48.9 Å². The summed E-state index contributed by atoms with van der Waals surface area (Å²) in [6, 6.07) is 13.8. The summed E-state index contributed by atoms with van der Waals surface area (Å²) in [7, 11) is 0. The Hall–Kier alpha value is -2.99. The maximum absolute atomic E-state index is 13.3. The molecule has 1 aromatic heterocycles. The molecular formula is C21H19ClFN3O2. The number of carbonyl (C=O) groups excluding carboxylic acids is 1. The van der Waals surface area contributed by atoms with Gasteiger partial charge in [0.1, 0.15) is 18.2 Å². The van der Waals surface area contributed by atoms with Gasteiger partial charge in [-0.3, -0.25) is 14.2 Å². The predicted molar refractivity (Wildman–Crippen MR) is 108 cm³/mol. The Bertz CT molecular complexity index is 1050. The Balaban J connectivity index is 1.95. The van der Waals surface area contributed by atoms with Crippen molar-refractivity contribution in [3.05, 3.63) is 81.5 Å². The third kappa shape index (κ3) is 4.84. The van der Waals surface area contributed by atoms with E-state index in [-0.39, 0.29) is 17.9 Å². The molecule has 0 saturated heterocycles. The number of nitrogens with one attached hydrogen (secondary N) is 1. The Labute approximate surface area is 166 Å². The molecule has 0 aliphatic rings. The van der Waals surface area contributed by atoms with Crippen LogP contribution in [0.4, 0.5) is 10.1 Å². The van der Waals surface area contributed by atoms with E-state index >= 15 is 0 Å². The van der Waals surface area contributed by atoms with E-state index in [0.29, 0.717) is 34.2 Å². The van der Waals surface area contributed by atoms with E-state index < -0.39 is 5.91 Å². The van der Waals surface area contributed by atoms with Crippen molar-refractivity contribution in [1.29, 1.82) is 0 Å². The van der Waals surface area contributed by atoms with Gasteiger partial charge in [-0.2, -0.15) is 0 Å². The van der Waals surface area contributed by atoms with E-state index in [1.807, 2.05) is 6.92 Å². The van der Waals surface area contributed by atoms with Crippen LogP contribution in [0, 0.1) is 5.82 Å². The van der Waals surface area contributed by atoms with E-state index in [1.54, 1.807) is 24.3 Å². The summed E-state index contributed by atoms with van der Waals surface area (Å²) in [5, 5.41) is 3.21. The molecule has 3 rings (SSSR count). The molecule has 2 aromatic carbocycles. The molecule has 144 valence electrons. The van der Waals surface area contributed by atoms with Gasteiger partial charge >= 0.3 is 0 Å². The Morgan fingerprint density at radius 1 is 1.18 bits per heavy atom. The topological polar surface area (TPSA) is 64.0 Å². The fourth-order valence-electron chi connectivity index (χ4n) is 2.82. The highest BCUT2D eigenvalue weighted by Gasteiger charge is 2.14. The zero-order valence-electron chi connectivity index (χ0n) is 15.3. The Morgan fingerprint density at radius 3 is 2.61 bits per heavy atom. The number of amides is 1. The zero-order valence-corrected chi connectivity index (χ0v) is 16.0. The first-order valence-electron chi connectivity index (χ1n) is 8.88. The fourth-order valence-corrected chi connectivity index (χ4v) is 3.01. The molecule has 0 radical (unpaired) electrons. The molecule has 3 aromatic rings. The monoisotopic (exact) mass is 399 g/mol. The number of halogens is 2. The lowest BCUT2D eigenvalue weighted by Gasteiger charge is -2.14. The molecule has 0 saturated carbocycles. The van der Waals surface area contributed by atoms with Gasteiger partial charge in [0.2, 0.25) is 5.91 Å². The SMILES string of the molecule is CCCc1cc(=O)n(CC(=O)Nc2cccc(Cl)c2)c(-c2ccc(F)cc2)n1. The molecule has 0 aliphatic heterocycles. The van der Waals surface area contributed by atoms with Crippen molar-refractivity contribution in [3.8, 4) is 11.4 Å². The maximum Gasteiger partial charge on any atom is 0.254 e. The second-order valence-electron chi connectivity index (χ2n) is 6.31. The van der Waals surface area contributed by atoms with Crippen LogP contribution in [0.3, 0.4) is 0 Å². The summed E-state index contributed by atoms with van der Waals surface area (Å²) in [6.45, 7) is 1.76. The summed E-state index contributed by atoms with van der Waals surface area (Å²) in [6.07, 6.45) is 1.47. The molecule has 0 atom stereocenters. The van der Waals surface area contributed by atoms with Crippen molar-refractivity contribution in [3.63, 3.8) is 0 Å². The lowest BCUT2D eigenvalue weighted by molar-refractivity contribution is -0.116. The van der Waals surface area contributed by atoms with E-state index in [9.17, 15) is 14.0 Å². The molecule has 1 heterocycles. The molecule has 0 unspecified atom stereocenters. The van der Waals surface area contributed by atoms with Crippen LogP contribution in [0.2, 0.25) is 5.02 Å². The highest BCUT2D eigenvalue weighted by atomic mass is 35.5. The van der Waals surface area contributed by atoms with Gasteiger partial charge in [0.15, 0.2) is 0 Å². The first-order valence-corrected chi connectivity index (χ1v) is 9.26. The second-order valence-corrected chi connectivity index (χ2v) is 6.75. The van der Waals surface area contributed by atoms with Crippen LogP contribution in [0.25, 0.3) is 11.4 Å². The molecule has 28 heavy (non-hydrogen) atoms. The van der Waals surface area contributed by atoms with E-state index in [1.165, 1.54) is 34.9 Å². The van der Waals surface area contributed by atoms with Crippen LogP contribution in [-0.2, 0) is 17.8 Å². The fraction of sp³-hybridized carbons (Fsp3) is 0.190. The third-order valence-corrected chi connectivity index (χ3v) is 4.32. The van der Waals surface area contributed by atoms with E-state index in [4.69, 9.17) is 11.6 Å². The van der Waals surface area contributed by atoms with Gasteiger partial charge in [-0.15, -0.1) is 0 Å². The van der Waals surface area contributed by atoms with Crippen LogP contribution in [-0.4, -0.2) is 15.5 Å². The van der Waals surface area contributed by atoms with Gasteiger partial charge < -0.3 is 5.32 Å². The number of hydrogen-bond donors (Lipinski definition) is 1. The van der Waals surface area contributed by atoms with Crippen LogP contribution in [0.5, 0.6) is 0 Å². The number of hydrogen-bond acceptors (Lipinski definition) is 3.